The molecule has 3 aromatic rings. The molecule has 29 heavy (non-hydrogen) atoms. The van der Waals surface area contributed by atoms with Crippen LogP contribution in [0.5, 0.6) is 0 Å². The predicted octanol–water partition coefficient (Wildman–Crippen LogP) is 4.56. The number of carboxylic acids is 1. The molecule has 8 heteroatoms. The van der Waals surface area contributed by atoms with Crippen molar-refractivity contribution in [2.24, 2.45) is 5.10 Å². The normalized spacial score (nSPS) is 13.6. The van der Waals surface area contributed by atoms with Gasteiger partial charge in [-0.15, -0.1) is 22.7 Å². The van der Waals surface area contributed by atoms with E-state index in [-0.39, 0.29) is 5.91 Å². The molecule has 0 fully saturated rings. The lowest BCUT2D eigenvalue weighted by atomic mass is 9.95. The first-order valence-corrected chi connectivity index (χ1v) is 11.1. The Kier molecular flexibility index (Phi) is 5.38. The van der Waals surface area contributed by atoms with Gasteiger partial charge in [-0.05, 0) is 62.6 Å². The third-order valence-corrected chi connectivity index (χ3v) is 7.30. The summed E-state index contributed by atoms with van der Waals surface area (Å²) in [6.45, 7) is 3.90. The summed E-state index contributed by atoms with van der Waals surface area (Å²) in [6, 6.07) is 5.52. The molecule has 3 aromatic heterocycles. The van der Waals surface area contributed by atoms with Crippen molar-refractivity contribution in [3.05, 3.63) is 61.4 Å². The number of thiophene rings is 2. The molecule has 0 saturated heterocycles. The van der Waals surface area contributed by atoms with Gasteiger partial charge in [-0.1, -0.05) is 6.07 Å². The number of hydrogen-bond donors (Lipinski definition) is 2. The number of carbonyl (C=O) groups excluding carboxylic acids is 1. The van der Waals surface area contributed by atoms with E-state index in [1.54, 1.807) is 23.6 Å². The van der Waals surface area contributed by atoms with Crippen molar-refractivity contribution in [1.29, 1.82) is 0 Å². The first kappa shape index (κ1) is 19.6. The molecular formula is C21H21N3O3S2. The molecule has 150 valence electrons. The third-order valence-electron chi connectivity index (χ3n) is 5.15. The van der Waals surface area contributed by atoms with E-state index in [0.717, 1.165) is 53.2 Å². The monoisotopic (exact) mass is 427 g/mol. The van der Waals surface area contributed by atoms with Crippen LogP contribution in [-0.2, 0) is 12.8 Å². The second-order valence-corrected chi connectivity index (χ2v) is 9.07. The van der Waals surface area contributed by atoms with Crippen molar-refractivity contribution in [2.45, 2.75) is 39.5 Å². The number of amides is 1. The molecule has 0 unspecified atom stereocenters. The number of nitrogens with one attached hydrogen (secondary N) is 1. The van der Waals surface area contributed by atoms with E-state index >= 15 is 0 Å². The van der Waals surface area contributed by atoms with Crippen LogP contribution in [0, 0.1) is 13.8 Å². The molecule has 0 atom stereocenters. The van der Waals surface area contributed by atoms with Gasteiger partial charge in [0.05, 0.1) is 16.7 Å². The Labute approximate surface area is 176 Å². The molecule has 0 aromatic carbocycles. The van der Waals surface area contributed by atoms with Gasteiger partial charge in [0.25, 0.3) is 5.91 Å². The number of aromatic nitrogens is 1. The molecule has 2 N–H and O–H groups in total. The number of nitrogens with zero attached hydrogens (tertiary/aromatic N) is 2. The molecule has 1 amide bonds. The van der Waals surface area contributed by atoms with Crippen LogP contribution >= 0.6 is 22.7 Å². The highest BCUT2D eigenvalue weighted by atomic mass is 32.1. The summed E-state index contributed by atoms with van der Waals surface area (Å²) in [7, 11) is 0. The number of hydrazone groups is 1. The van der Waals surface area contributed by atoms with Gasteiger partial charge in [-0.3, -0.25) is 4.79 Å². The van der Waals surface area contributed by atoms with Crippen LogP contribution in [0.25, 0.3) is 5.00 Å². The van der Waals surface area contributed by atoms with Gasteiger partial charge in [-0.25, -0.2) is 10.2 Å². The van der Waals surface area contributed by atoms with Gasteiger partial charge < -0.3 is 9.67 Å². The molecule has 1 aliphatic carbocycles. The van der Waals surface area contributed by atoms with Crippen molar-refractivity contribution in [1.82, 2.24) is 9.99 Å². The molecule has 0 spiro atoms. The predicted molar refractivity (Wildman–Crippen MR) is 116 cm³/mol. The van der Waals surface area contributed by atoms with Crippen molar-refractivity contribution in [3.8, 4) is 5.00 Å². The van der Waals surface area contributed by atoms with Crippen LogP contribution in [0.2, 0.25) is 0 Å². The zero-order chi connectivity index (χ0) is 20.5. The van der Waals surface area contributed by atoms with E-state index in [1.807, 2.05) is 35.9 Å². The van der Waals surface area contributed by atoms with Gasteiger partial charge in [0.1, 0.15) is 5.00 Å². The van der Waals surface area contributed by atoms with Crippen LogP contribution in [0.4, 0.5) is 0 Å². The number of aromatic carboxylic acids is 1. The van der Waals surface area contributed by atoms with Gasteiger partial charge >= 0.3 is 5.97 Å². The molecule has 0 radical (unpaired) electrons. The van der Waals surface area contributed by atoms with Crippen LogP contribution in [-0.4, -0.2) is 27.8 Å². The molecule has 0 bridgehead atoms. The number of fused-ring (bicyclic) bond motifs is 1. The summed E-state index contributed by atoms with van der Waals surface area (Å²) in [5.41, 5.74) is 6.65. The minimum Gasteiger partial charge on any atom is -0.478 e. The highest BCUT2D eigenvalue weighted by Crippen LogP contribution is 2.38. The average molecular weight is 428 g/mol. The Balaban J connectivity index is 1.66. The largest absolute Gasteiger partial charge is 0.478 e. The third kappa shape index (κ3) is 3.65. The lowest BCUT2D eigenvalue weighted by molar-refractivity contribution is 0.0695. The van der Waals surface area contributed by atoms with Crippen LogP contribution in [0.3, 0.4) is 0 Å². The summed E-state index contributed by atoms with van der Waals surface area (Å²) in [6.07, 6.45) is 5.53. The minimum atomic E-state index is -0.870. The fraction of sp³-hybridized carbons (Fsp3) is 0.286. The Bertz CT molecular complexity index is 1110. The van der Waals surface area contributed by atoms with Crippen LogP contribution in [0.1, 0.15) is 60.3 Å². The van der Waals surface area contributed by atoms with Crippen LogP contribution < -0.4 is 5.43 Å². The topological polar surface area (TPSA) is 83.7 Å². The molecule has 0 saturated carbocycles. The zero-order valence-electron chi connectivity index (χ0n) is 16.2. The summed E-state index contributed by atoms with van der Waals surface area (Å²) >= 11 is 2.94. The summed E-state index contributed by atoms with van der Waals surface area (Å²) < 4.78 is 1.99. The fourth-order valence-corrected chi connectivity index (χ4v) is 5.89. The van der Waals surface area contributed by atoms with Gasteiger partial charge in [0.2, 0.25) is 0 Å². The van der Waals surface area contributed by atoms with E-state index in [1.165, 1.54) is 16.2 Å². The number of carbonyl (C=O) groups is 2. The number of aryl methyl sites for hydroxylation is 2. The molecule has 3 heterocycles. The van der Waals surface area contributed by atoms with Crippen molar-refractivity contribution in [2.75, 3.05) is 0 Å². The zero-order valence-corrected chi connectivity index (χ0v) is 17.8. The molecule has 0 aliphatic heterocycles. The quantitative estimate of drug-likeness (QED) is 0.462. The lowest BCUT2D eigenvalue weighted by Crippen LogP contribution is -2.16. The maximum Gasteiger partial charge on any atom is 0.339 e. The highest BCUT2D eigenvalue weighted by molar-refractivity contribution is 7.15. The first-order chi connectivity index (χ1) is 14.0. The van der Waals surface area contributed by atoms with Gasteiger partial charge in [-0.2, -0.15) is 5.10 Å². The number of hydrogen-bond acceptors (Lipinski definition) is 5. The minimum absolute atomic E-state index is 0.246. The Hall–Kier alpha value is -2.71. The Morgan fingerprint density at radius 1 is 1.28 bits per heavy atom. The van der Waals surface area contributed by atoms with E-state index in [2.05, 4.69) is 10.5 Å². The lowest BCUT2D eigenvalue weighted by Gasteiger charge is -2.11. The van der Waals surface area contributed by atoms with Gasteiger partial charge in [0, 0.05) is 21.8 Å². The Morgan fingerprint density at radius 2 is 2.07 bits per heavy atom. The van der Waals surface area contributed by atoms with Crippen molar-refractivity contribution >= 4 is 40.8 Å². The van der Waals surface area contributed by atoms with Gasteiger partial charge in [0.15, 0.2) is 0 Å². The maximum atomic E-state index is 12.0. The first-order valence-electron chi connectivity index (χ1n) is 9.41. The maximum absolute atomic E-state index is 12.0. The highest BCUT2D eigenvalue weighted by Gasteiger charge is 2.27. The molecule has 1 aliphatic rings. The second-order valence-electron chi connectivity index (χ2n) is 7.03. The fourth-order valence-electron chi connectivity index (χ4n) is 3.78. The smallest absolute Gasteiger partial charge is 0.339 e. The van der Waals surface area contributed by atoms with E-state index in [4.69, 9.17) is 0 Å². The average Bonchev–Trinajstić information content (AvgIpc) is 3.39. The van der Waals surface area contributed by atoms with E-state index in [9.17, 15) is 14.7 Å². The number of rotatable bonds is 5. The van der Waals surface area contributed by atoms with Crippen molar-refractivity contribution < 1.29 is 14.7 Å². The molecular weight excluding hydrogens is 406 g/mol. The van der Waals surface area contributed by atoms with E-state index in [0.29, 0.717) is 10.4 Å². The number of carboxylic acid groups (broad SMARTS) is 1. The molecule has 6 nitrogen and oxygen atoms in total. The summed E-state index contributed by atoms with van der Waals surface area (Å²) in [5, 5.41) is 16.6. The molecule has 4 rings (SSSR count). The Morgan fingerprint density at radius 3 is 2.79 bits per heavy atom. The van der Waals surface area contributed by atoms with Crippen LogP contribution in [0.15, 0.2) is 28.7 Å². The van der Waals surface area contributed by atoms with Crippen molar-refractivity contribution in [3.63, 3.8) is 0 Å². The van der Waals surface area contributed by atoms with E-state index < -0.39 is 5.97 Å². The summed E-state index contributed by atoms with van der Waals surface area (Å²) in [5.74, 6) is -1.12. The summed E-state index contributed by atoms with van der Waals surface area (Å²) in [4.78, 5) is 25.9. The SMILES string of the molecule is Cc1cc(/C=N/NC(=O)c2cccs2)c(C)n1-c1sc2c(c1C(=O)O)CCCC2. The standard InChI is InChI=1S/C21H21N3O3S2/c1-12-10-14(11-22-23-19(25)17-8-5-9-28-17)13(2)24(12)20-18(21(26)27)15-6-3-4-7-16(15)29-20/h5,8-11H,3-4,6-7H2,1-2H3,(H,23,25)(H,26,27)/b22-11+. The second kappa shape index (κ2) is 7.96.